The first kappa shape index (κ1) is 26.9. The third-order valence-electron chi connectivity index (χ3n) is 4.29. The van der Waals surface area contributed by atoms with E-state index in [1.165, 1.54) is 0 Å². The van der Waals surface area contributed by atoms with Crippen LogP contribution in [0.5, 0.6) is 0 Å². The number of carboxylic acid groups (broad SMARTS) is 1. The molecule has 0 aliphatic rings. The third-order valence-corrected chi connectivity index (χ3v) is 4.65. The van der Waals surface area contributed by atoms with Crippen molar-refractivity contribution in [2.45, 2.75) is 37.0 Å². The van der Waals surface area contributed by atoms with Crippen LogP contribution in [-0.2, 0) is 30.4 Å². The molecule has 0 radical (unpaired) electrons. The van der Waals surface area contributed by atoms with Gasteiger partial charge in [-0.1, -0.05) is 30.3 Å². The fourth-order valence-corrected chi connectivity index (χ4v) is 2.83. The van der Waals surface area contributed by atoms with Crippen molar-refractivity contribution in [1.82, 2.24) is 16.0 Å². The van der Waals surface area contributed by atoms with Gasteiger partial charge in [0.05, 0.1) is 19.1 Å². The predicted octanol–water partition coefficient (Wildman–Crippen LogP) is -3.11. The number of carboxylic acids is 1. The molecule has 0 spiro atoms. The highest BCUT2D eigenvalue weighted by Gasteiger charge is 2.30. The van der Waals surface area contributed by atoms with E-state index in [2.05, 4.69) is 28.6 Å². The van der Waals surface area contributed by atoms with Crippen molar-refractivity contribution in [1.29, 1.82) is 0 Å². The lowest BCUT2D eigenvalue weighted by atomic mass is 10.0. The zero-order valence-corrected chi connectivity index (χ0v) is 18.0. The Kier molecular flexibility index (Phi) is 11.2. The molecule has 0 aliphatic carbocycles. The molecule has 13 heteroatoms. The highest BCUT2D eigenvalue weighted by Crippen LogP contribution is 2.05. The summed E-state index contributed by atoms with van der Waals surface area (Å²) >= 11 is 4.00. The number of rotatable bonds is 13. The van der Waals surface area contributed by atoms with E-state index in [1.54, 1.807) is 30.3 Å². The van der Waals surface area contributed by atoms with Crippen molar-refractivity contribution in [2.24, 2.45) is 11.5 Å². The summed E-state index contributed by atoms with van der Waals surface area (Å²) in [6.07, 6.45) is -0.387. The van der Waals surface area contributed by atoms with Crippen molar-refractivity contribution in [3.63, 3.8) is 0 Å². The molecule has 4 amide bonds. The maximum absolute atomic E-state index is 12.9. The zero-order chi connectivity index (χ0) is 24.3. The van der Waals surface area contributed by atoms with Gasteiger partial charge in [-0.2, -0.15) is 12.6 Å². The van der Waals surface area contributed by atoms with Gasteiger partial charge in [0.25, 0.3) is 0 Å². The van der Waals surface area contributed by atoms with Gasteiger partial charge in [-0.25, -0.2) is 4.79 Å². The molecule has 0 saturated carbocycles. The fraction of sp³-hybridized carbons (Fsp3) is 0.421. The lowest BCUT2D eigenvalue weighted by molar-refractivity contribution is -0.143. The Labute approximate surface area is 189 Å². The summed E-state index contributed by atoms with van der Waals surface area (Å²) < 4.78 is 0. The molecule has 0 bridgehead atoms. The number of carbonyl (C=O) groups excluding carboxylic acids is 4. The predicted molar refractivity (Wildman–Crippen MR) is 116 cm³/mol. The van der Waals surface area contributed by atoms with Crippen molar-refractivity contribution in [2.75, 3.05) is 12.4 Å². The van der Waals surface area contributed by atoms with Crippen molar-refractivity contribution >= 4 is 42.2 Å². The van der Waals surface area contributed by atoms with Gasteiger partial charge in [-0.3, -0.25) is 19.2 Å². The minimum absolute atomic E-state index is 0.0387. The second kappa shape index (κ2) is 13.3. The number of nitrogens with one attached hydrogen (secondary N) is 3. The number of nitrogens with two attached hydrogens (primary N) is 2. The molecule has 0 heterocycles. The number of aliphatic hydroxyl groups is 1. The van der Waals surface area contributed by atoms with Crippen LogP contribution in [0, 0.1) is 0 Å². The van der Waals surface area contributed by atoms with Crippen LogP contribution in [0.4, 0.5) is 0 Å². The number of aliphatic hydroxyl groups excluding tert-OH is 1. The minimum atomic E-state index is -1.56. The van der Waals surface area contributed by atoms with E-state index in [-0.39, 0.29) is 12.2 Å². The molecule has 176 valence electrons. The van der Waals surface area contributed by atoms with Gasteiger partial charge in [-0.05, 0) is 5.56 Å². The van der Waals surface area contributed by atoms with E-state index < -0.39 is 66.8 Å². The van der Waals surface area contributed by atoms with Crippen LogP contribution in [0.25, 0.3) is 0 Å². The van der Waals surface area contributed by atoms with Crippen LogP contribution in [0.15, 0.2) is 30.3 Å². The molecule has 0 aliphatic heterocycles. The Bertz CT molecular complexity index is 824. The molecule has 12 nitrogen and oxygen atoms in total. The van der Waals surface area contributed by atoms with E-state index >= 15 is 0 Å². The molecule has 4 atom stereocenters. The average Bonchev–Trinajstić information content (AvgIpc) is 2.74. The zero-order valence-electron chi connectivity index (χ0n) is 17.1. The van der Waals surface area contributed by atoms with Crippen LogP contribution < -0.4 is 27.4 Å². The molecule has 4 unspecified atom stereocenters. The molecule has 1 aromatic rings. The first-order valence-corrected chi connectivity index (χ1v) is 10.2. The highest BCUT2D eigenvalue weighted by molar-refractivity contribution is 7.80. The summed E-state index contributed by atoms with van der Waals surface area (Å²) in [5.41, 5.74) is 11.4. The van der Waals surface area contributed by atoms with Crippen LogP contribution in [0.1, 0.15) is 12.0 Å². The number of benzene rings is 1. The number of hydrogen-bond acceptors (Lipinski definition) is 8. The maximum atomic E-state index is 12.9. The van der Waals surface area contributed by atoms with Gasteiger partial charge in [0.15, 0.2) is 0 Å². The molecule has 0 aromatic heterocycles. The minimum Gasteiger partial charge on any atom is -0.480 e. The van der Waals surface area contributed by atoms with E-state index in [0.717, 1.165) is 0 Å². The van der Waals surface area contributed by atoms with Crippen LogP contribution in [0.2, 0.25) is 0 Å². The Morgan fingerprint density at radius 2 is 1.44 bits per heavy atom. The molecule has 0 saturated heterocycles. The number of carbonyl (C=O) groups is 5. The second-order valence-corrected chi connectivity index (χ2v) is 7.22. The van der Waals surface area contributed by atoms with Crippen LogP contribution in [0.3, 0.4) is 0 Å². The van der Waals surface area contributed by atoms with Crippen molar-refractivity contribution in [3.05, 3.63) is 35.9 Å². The molecule has 1 rings (SSSR count). The first-order chi connectivity index (χ1) is 15.1. The van der Waals surface area contributed by atoms with Gasteiger partial charge in [0, 0.05) is 12.2 Å². The number of amides is 4. The van der Waals surface area contributed by atoms with Crippen LogP contribution >= 0.6 is 12.6 Å². The lowest BCUT2D eigenvalue weighted by Crippen LogP contribution is -2.58. The fourth-order valence-electron chi connectivity index (χ4n) is 2.57. The number of primary amides is 1. The van der Waals surface area contributed by atoms with E-state index in [1.807, 2.05) is 0 Å². The van der Waals surface area contributed by atoms with Gasteiger partial charge < -0.3 is 37.6 Å². The number of hydrogen-bond donors (Lipinski definition) is 8. The molecular weight excluding hydrogens is 442 g/mol. The Morgan fingerprint density at radius 3 is 1.94 bits per heavy atom. The standard InChI is InChI=1S/C19H27N5O7S/c20-11(7-15(21)26)16(27)22-12(6-10-4-2-1-3-5-10)17(28)24-14(9-32)18(29)23-13(8-25)19(30)31/h1-5,11-14,25,32H,6-9,20H2,(H2,21,26)(H,22,27)(H,23,29)(H,24,28)(H,30,31). The van der Waals surface area contributed by atoms with Gasteiger partial charge in [0.2, 0.25) is 23.6 Å². The summed E-state index contributed by atoms with van der Waals surface area (Å²) in [5, 5.41) is 24.9. The number of thiol groups is 1. The van der Waals surface area contributed by atoms with E-state index in [0.29, 0.717) is 5.56 Å². The average molecular weight is 470 g/mol. The van der Waals surface area contributed by atoms with Crippen molar-refractivity contribution < 1.29 is 34.2 Å². The van der Waals surface area contributed by atoms with E-state index in [4.69, 9.17) is 21.7 Å². The second-order valence-electron chi connectivity index (χ2n) is 6.85. The summed E-state index contributed by atoms with van der Waals surface area (Å²) in [7, 11) is 0. The maximum Gasteiger partial charge on any atom is 0.328 e. The molecule has 0 fully saturated rings. The molecule has 9 N–H and O–H groups in total. The molecule has 1 aromatic carbocycles. The first-order valence-electron chi connectivity index (χ1n) is 9.52. The van der Waals surface area contributed by atoms with Gasteiger partial charge in [-0.15, -0.1) is 0 Å². The topological polar surface area (TPSA) is 214 Å². The quantitative estimate of drug-likeness (QED) is 0.138. The van der Waals surface area contributed by atoms with Gasteiger partial charge in [0.1, 0.15) is 18.1 Å². The third kappa shape index (κ3) is 8.91. The molecule has 32 heavy (non-hydrogen) atoms. The Hall–Kier alpha value is -3.16. The Morgan fingerprint density at radius 1 is 0.906 bits per heavy atom. The normalized spacial score (nSPS) is 14.3. The Balaban J connectivity index is 2.97. The number of aliphatic carboxylic acids is 1. The SMILES string of the molecule is NC(=O)CC(N)C(=O)NC(Cc1ccccc1)C(=O)NC(CS)C(=O)NC(CO)C(=O)O. The van der Waals surface area contributed by atoms with E-state index in [9.17, 15) is 24.0 Å². The molecular formula is C19H27N5O7S. The summed E-state index contributed by atoms with van der Waals surface area (Å²) in [6.45, 7) is -0.848. The van der Waals surface area contributed by atoms with Crippen molar-refractivity contribution in [3.8, 4) is 0 Å². The summed E-state index contributed by atoms with van der Waals surface area (Å²) in [5.74, 6) is -4.88. The monoisotopic (exact) mass is 469 g/mol. The lowest BCUT2D eigenvalue weighted by Gasteiger charge is -2.24. The van der Waals surface area contributed by atoms with Crippen LogP contribution in [-0.4, -0.2) is 76.3 Å². The summed E-state index contributed by atoms with van der Waals surface area (Å²) in [4.78, 5) is 59.5. The highest BCUT2D eigenvalue weighted by atomic mass is 32.1. The smallest absolute Gasteiger partial charge is 0.328 e. The largest absolute Gasteiger partial charge is 0.480 e. The summed E-state index contributed by atoms with van der Waals surface area (Å²) in [6, 6.07) is 3.40. The van der Waals surface area contributed by atoms with Gasteiger partial charge >= 0.3 is 5.97 Å².